The summed E-state index contributed by atoms with van der Waals surface area (Å²) in [5, 5.41) is 3.48. The zero-order chi connectivity index (χ0) is 19.9. The summed E-state index contributed by atoms with van der Waals surface area (Å²) in [4.78, 5) is 26.2. The third-order valence-corrected chi connectivity index (χ3v) is 5.80. The number of anilines is 1. The molecule has 2 aromatic rings. The molecule has 1 amide bonds. The van der Waals surface area contributed by atoms with E-state index in [0.717, 1.165) is 49.0 Å². The van der Waals surface area contributed by atoms with Crippen molar-refractivity contribution in [1.29, 1.82) is 0 Å². The SMILES string of the molecule is CCCOC(=O)c1c(NC(=O)/C=C\c2ccc(OC)cc2)sc2c1CCCC2. The molecule has 0 aliphatic heterocycles. The van der Waals surface area contributed by atoms with Crippen LogP contribution in [-0.4, -0.2) is 25.6 Å². The molecule has 1 heterocycles. The van der Waals surface area contributed by atoms with Crippen molar-refractivity contribution in [2.24, 2.45) is 0 Å². The number of benzene rings is 1. The lowest BCUT2D eigenvalue weighted by molar-refractivity contribution is -0.111. The number of methoxy groups -OCH3 is 1. The van der Waals surface area contributed by atoms with Crippen molar-refractivity contribution < 1.29 is 19.1 Å². The number of hydrogen-bond donors (Lipinski definition) is 1. The maximum atomic E-state index is 12.6. The second-order valence-corrected chi connectivity index (χ2v) is 7.75. The van der Waals surface area contributed by atoms with Gasteiger partial charge in [-0.2, -0.15) is 0 Å². The van der Waals surface area contributed by atoms with E-state index in [1.165, 1.54) is 22.3 Å². The van der Waals surface area contributed by atoms with Crippen molar-refractivity contribution in [2.45, 2.75) is 39.0 Å². The van der Waals surface area contributed by atoms with Gasteiger partial charge in [-0.1, -0.05) is 19.1 Å². The Morgan fingerprint density at radius 3 is 2.64 bits per heavy atom. The normalized spacial score (nSPS) is 13.2. The first-order valence-corrected chi connectivity index (χ1v) is 10.4. The zero-order valence-corrected chi connectivity index (χ0v) is 17.1. The van der Waals surface area contributed by atoms with Crippen LogP contribution in [0, 0.1) is 0 Å². The summed E-state index contributed by atoms with van der Waals surface area (Å²) in [6, 6.07) is 7.43. The Hall–Kier alpha value is -2.60. The average Bonchev–Trinajstić information content (AvgIpc) is 3.08. The predicted molar refractivity (Wildman–Crippen MR) is 112 cm³/mol. The number of amides is 1. The van der Waals surface area contributed by atoms with E-state index >= 15 is 0 Å². The van der Waals surface area contributed by atoms with E-state index in [1.54, 1.807) is 13.2 Å². The predicted octanol–water partition coefficient (Wildman–Crippen LogP) is 4.85. The standard InChI is InChI=1S/C22H25NO4S/c1-3-14-27-22(25)20-17-6-4-5-7-18(17)28-21(20)23-19(24)13-10-15-8-11-16(26-2)12-9-15/h8-13H,3-7,14H2,1-2H3,(H,23,24)/b13-10-. The molecule has 148 valence electrons. The number of ether oxygens (including phenoxy) is 2. The van der Waals surface area contributed by atoms with Crippen molar-refractivity contribution in [3.63, 3.8) is 0 Å². The molecule has 1 aliphatic carbocycles. The van der Waals surface area contributed by atoms with Gasteiger partial charge in [0.1, 0.15) is 10.8 Å². The maximum Gasteiger partial charge on any atom is 0.341 e. The number of carbonyl (C=O) groups excluding carboxylic acids is 2. The van der Waals surface area contributed by atoms with Crippen LogP contribution in [0.1, 0.15) is 52.5 Å². The number of hydrogen-bond acceptors (Lipinski definition) is 5. The highest BCUT2D eigenvalue weighted by Crippen LogP contribution is 2.38. The van der Waals surface area contributed by atoms with Crippen LogP contribution < -0.4 is 10.1 Å². The molecule has 6 heteroatoms. The van der Waals surface area contributed by atoms with Gasteiger partial charge in [-0.05, 0) is 61.4 Å². The van der Waals surface area contributed by atoms with Crippen LogP contribution >= 0.6 is 11.3 Å². The highest BCUT2D eigenvalue weighted by Gasteiger charge is 2.27. The fourth-order valence-corrected chi connectivity index (χ4v) is 4.46. The van der Waals surface area contributed by atoms with Gasteiger partial charge >= 0.3 is 5.97 Å². The minimum absolute atomic E-state index is 0.265. The van der Waals surface area contributed by atoms with E-state index in [-0.39, 0.29) is 11.9 Å². The van der Waals surface area contributed by atoms with Crippen molar-refractivity contribution >= 4 is 34.3 Å². The van der Waals surface area contributed by atoms with Crippen molar-refractivity contribution in [3.05, 3.63) is 51.9 Å². The van der Waals surface area contributed by atoms with Gasteiger partial charge in [0.15, 0.2) is 0 Å². The van der Waals surface area contributed by atoms with Crippen LogP contribution in [0.15, 0.2) is 30.3 Å². The van der Waals surface area contributed by atoms with Crippen LogP contribution in [-0.2, 0) is 22.4 Å². The lowest BCUT2D eigenvalue weighted by Crippen LogP contribution is -2.14. The van der Waals surface area contributed by atoms with Crippen LogP contribution in [0.25, 0.3) is 6.08 Å². The number of thiophene rings is 1. The Kier molecular flexibility index (Phi) is 6.87. The summed E-state index contributed by atoms with van der Waals surface area (Å²) in [5.41, 5.74) is 2.48. The van der Waals surface area contributed by atoms with Crippen LogP contribution in [0.2, 0.25) is 0 Å². The Balaban J connectivity index is 1.76. The Morgan fingerprint density at radius 2 is 1.93 bits per heavy atom. The highest BCUT2D eigenvalue weighted by molar-refractivity contribution is 7.17. The van der Waals surface area contributed by atoms with Gasteiger partial charge in [-0.25, -0.2) is 4.79 Å². The Labute approximate surface area is 169 Å². The summed E-state index contributed by atoms with van der Waals surface area (Å²) >= 11 is 1.50. The molecule has 0 spiro atoms. The molecule has 1 aromatic heterocycles. The molecule has 3 rings (SSSR count). The molecule has 1 aromatic carbocycles. The minimum atomic E-state index is -0.337. The first kappa shape index (κ1) is 20.1. The van der Waals surface area contributed by atoms with Crippen LogP contribution in [0.5, 0.6) is 5.75 Å². The van der Waals surface area contributed by atoms with Gasteiger partial charge in [0.05, 0.1) is 19.3 Å². The van der Waals surface area contributed by atoms with E-state index < -0.39 is 0 Å². The second kappa shape index (κ2) is 9.55. The fourth-order valence-electron chi connectivity index (χ4n) is 3.18. The summed E-state index contributed by atoms with van der Waals surface area (Å²) < 4.78 is 10.5. The molecular weight excluding hydrogens is 374 g/mol. The lowest BCUT2D eigenvalue weighted by Gasteiger charge is -2.12. The molecule has 0 saturated carbocycles. The van der Waals surface area contributed by atoms with Gasteiger partial charge in [0, 0.05) is 11.0 Å². The quantitative estimate of drug-likeness (QED) is 0.534. The van der Waals surface area contributed by atoms with Crippen LogP contribution in [0.4, 0.5) is 5.00 Å². The minimum Gasteiger partial charge on any atom is -0.497 e. The number of fused-ring (bicyclic) bond motifs is 1. The van der Waals surface area contributed by atoms with Gasteiger partial charge in [0.25, 0.3) is 0 Å². The molecule has 5 nitrogen and oxygen atoms in total. The van der Waals surface area contributed by atoms with Crippen LogP contribution in [0.3, 0.4) is 0 Å². The van der Waals surface area contributed by atoms with Crippen molar-refractivity contribution in [3.8, 4) is 5.75 Å². The van der Waals surface area contributed by atoms with Crippen molar-refractivity contribution in [1.82, 2.24) is 0 Å². The maximum absolute atomic E-state index is 12.6. The smallest absolute Gasteiger partial charge is 0.341 e. The van der Waals surface area contributed by atoms with Gasteiger partial charge in [-0.3, -0.25) is 4.79 Å². The molecule has 0 bridgehead atoms. The number of esters is 1. The molecule has 1 aliphatic rings. The number of rotatable bonds is 7. The van der Waals surface area contributed by atoms with Gasteiger partial charge < -0.3 is 14.8 Å². The number of aryl methyl sites for hydroxylation is 1. The first-order chi connectivity index (χ1) is 13.6. The highest BCUT2D eigenvalue weighted by atomic mass is 32.1. The Bertz CT molecular complexity index is 867. The molecule has 0 unspecified atom stereocenters. The van der Waals surface area contributed by atoms with Gasteiger partial charge in [-0.15, -0.1) is 11.3 Å². The molecule has 0 atom stereocenters. The Morgan fingerprint density at radius 1 is 1.18 bits per heavy atom. The third-order valence-electron chi connectivity index (χ3n) is 4.59. The van der Waals surface area contributed by atoms with E-state index in [2.05, 4.69) is 5.32 Å². The summed E-state index contributed by atoms with van der Waals surface area (Å²) in [6.07, 6.45) is 7.96. The van der Waals surface area contributed by atoms with E-state index in [0.29, 0.717) is 17.2 Å². The average molecular weight is 400 g/mol. The summed E-state index contributed by atoms with van der Waals surface area (Å²) in [7, 11) is 1.61. The molecule has 0 fully saturated rings. The second-order valence-electron chi connectivity index (χ2n) is 6.65. The monoisotopic (exact) mass is 399 g/mol. The van der Waals surface area contributed by atoms with E-state index in [4.69, 9.17) is 9.47 Å². The number of nitrogens with one attached hydrogen (secondary N) is 1. The van der Waals surface area contributed by atoms with E-state index in [1.807, 2.05) is 31.2 Å². The number of carbonyl (C=O) groups is 2. The molecular formula is C22H25NO4S. The topological polar surface area (TPSA) is 64.6 Å². The van der Waals surface area contributed by atoms with E-state index in [9.17, 15) is 9.59 Å². The largest absolute Gasteiger partial charge is 0.497 e. The molecule has 0 saturated heterocycles. The van der Waals surface area contributed by atoms with Crippen molar-refractivity contribution in [2.75, 3.05) is 19.0 Å². The summed E-state index contributed by atoms with van der Waals surface area (Å²) in [5.74, 6) is 0.163. The molecule has 1 N–H and O–H groups in total. The van der Waals surface area contributed by atoms with Gasteiger partial charge in [0.2, 0.25) is 5.91 Å². The molecule has 0 radical (unpaired) electrons. The third kappa shape index (κ3) is 4.81. The fraction of sp³-hybridized carbons (Fsp3) is 0.364. The summed E-state index contributed by atoms with van der Waals surface area (Å²) in [6.45, 7) is 2.34. The zero-order valence-electron chi connectivity index (χ0n) is 16.2. The lowest BCUT2D eigenvalue weighted by atomic mass is 9.95. The molecule has 28 heavy (non-hydrogen) atoms. The first-order valence-electron chi connectivity index (χ1n) is 9.57.